The lowest BCUT2D eigenvalue weighted by Gasteiger charge is -2.34. The van der Waals surface area contributed by atoms with Gasteiger partial charge in [0.1, 0.15) is 35.4 Å². The number of H-pyrrole nitrogens is 3. The second-order valence-corrected chi connectivity index (χ2v) is 60.0. The summed E-state index contributed by atoms with van der Waals surface area (Å²) in [5, 5.41) is 16.6. The summed E-state index contributed by atoms with van der Waals surface area (Å²) in [7, 11) is -43.0. The first-order valence-electron chi connectivity index (χ1n) is 45.4. The van der Waals surface area contributed by atoms with Crippen molar-refractivity contribution >= 4 is 79.5 Å². The van der Waals surface area contributed by atoms with Crippen LogP contribution in [0.1, 0.15) is 217 Å². The maximum Gasteiger partial charge on any atom is 0.482 e. The molecule has 0 saturated carbocycles. The van der Waals surface area contributed by atoms with Crippen molar-refractivity contribution in [3.05, 3.63) is 97.8 Å². The molecular formula is C87H131N10O33P7Si3-2. The first-order chi connectivity index (χ1) is 65.9. The second-order valence-electron chi connectivity index (χ2n) is 33.9. The predicted octanol–water partition coefficient (Wildman–Crippen LogP) is 12.6. The number of ether oxygens (including phenoxy) is 6. The SMILES string of the molecule is C#CCCCCC#Cc1cn([C@H]2C[C@@H](OCC)[C@@H](CNP(=O)(OCCC#N)OCCCCC#C)O2)c(=O)[nH]c1=O.C#CCCCCC#Cc1cn([C@H]2C[C@@H](OCC)[C@@H](CNP(=O)(OCCCCC#C)OP(=O)(O[Si](C)(C)C)OP(=O)(O[Si](C)(C)C)O[Si](C)(C)C)O2)c(=O)[nH]c1=O.C#CCCCCC#Cc1cn([C@H]2C[C@@H](OCC)[C@@H](CNP(=O)(OCCCCC#C)OP(=O)([O-])OP(=O)([O-])O)O2)c(=O)[nH]c1=O. The summed E-state index contributed by atoms with van der Waals surface area (Å²) < 4.78 is 191. The molecule has 6 rings (SSSR count). The molecule has 7 N–H and O–H groups in total. The fourth-order valence-corrected chi connectivity index (χ4v) is 31.9. The van der Waals surface area contributed by atoms with Crippen molar-refractivity contribution in [1.82, 2.24) is 43.9 Å². The van der Waals surface area contributed by atoms with E-state index in [2.05, 4.69) is 110 Å². The molecule has 3 fully saturated rings. The summed E-state index contributed by atoms with van der Waals surface area (Å²) in [5.41, 5.74) is -3.83. The summed E-state index contributed by atoms with van der Waals surface area (Å²) in [6, 6.07) is 1.94. The Balaban J connectivity index is 0.000000445. The number of phosphoric acid groups is 4. The molecule has 0 aliphatic carbocycles. The molecule has 15 atom stereocenters. The van der Waals surface area contributed by atoms with Crippen LogP contribution in [-0.4, -0.2) is 161 Å². The molecule has 0 bridgehead atoms. The highest BCUT2D eigenvalue weighted by atomic mass is 31.3. The zero-order valence-electron chi connectivity index (χ0n) is 81.1. The molecule has 53 heteroatoms. The zero-order chi connectivity index (χ0) is 104. The van der Waals surface area contributed by atoms with Crippen molar-refractivity contribution in [2.75, 3.05) is 65.9 Å². The molecule has 0 radical (unpaired) electrons. The summed E-state index contributed by atoms with van der Waals surface area (Å²) in [6.45, 7) is 20.6. The van der Waals surface area contributed by atoms with E-state index in [1.165, 1.54) is 27.7 Å². The molecule has 3 saturated heterocycles. The standard InChI is InChI=1S/C34H60N3O13P3Si3.C28H37N4O7P.C25H36N3O13P3/c1-13-16-18-20-21-22-24-29-28-37(34(39)36-33(29)38)32-26-30(43-15-3)31(45-32)27-35-51(40,44-25-23-19-17-14-2)46-52(41,48-54(4,5)6)47-53(42,49-55(7,8)9)50-56(10,11)12;1-4-7-9-11-12-13-16-23-22-32(28(34)31-27(23)33)26-20-24(36-6-3)25(39-26)21-30-40(35,38-19-15-17-29)37-18-14-10-8-5-2;1-4-7-9-11-12-13-15-20-19-28(25(30)27-24(20)29)23-17-21(37-6-3)22(39-23)18-26-42(31,38-16-14-10-8-5-2)40-44(35,36)41-43(32,33)34/h1-2,28,30-32H,15-21,23,25-27H2,3-12H3,(H,35,40)(H,36,38,39);1-2,22,24-26H,6-12,14-15,18-21H2,3H3,(H,30,35)(H,31,33,34);1-2,19,21-23H,6-12,14,16-18H2,3H3,(H,26,31)(H,35,36)(H,27,29,30)(H2,32,33,34)/p-2/t30-,31-,32-,51?,52?;24-,25-,26-,40?;21-,22-,23-,42?/m111/s1. The number of rotatable bonds is 59. The summed E-state index contributed by atoms with van der Waals surface area (Å²) in [4.78, 5) is 114. The number of hydrogen-bond donors (Lipinski definition) is 7. The van der Waals surface area contributed by atoms with Crippen LogP contribution in [-0.2, 0) is 108 Å². The summed E-state index contributed by atoms with van der Waals surface area (Å²) in [5.74, 6) is 32.3. The number of nitrogens with one attached hydrogen (secondary N) is 6. The first-order valence-corrected chi connectivity index (χ1v) is 66.1. The Bertz CT molecular complexity index is 5740. The smallest absolute Gasteiger partial charge is 0.482 e. The van der Waals surface area contributed by atoms with Gasteiger partial charge in [0.2, 0.25) is 0 Å². The Morgan fingerprint density at radius 2 is 0.686 bits per heavy atom. The molecule has 6 unspecified atom stereocenters. The van der Waals surface area contributed by atoms with Gasteiger partial charge in [-0.2, -0.15) is 13.9 Å². The molecule has 3 aliphatic rings. The van der Waals surface area contributed by atoms with Crippen molar-refractivity contribution in [2.45, 2.75) is 296 Å². The van der Waals surface area contributed by atoms with Crippen LogP contribution in [0.15, 0.2) is 47.4 Å². The third-order valence-electron chi connectivity index (χ3n) is 18.6. The van der Waals surface area contributed by atoms with E-state index >= 15 is 0 Å². The van der Waals surface area contributed by atoms with Crippen LogP contribution >= 0.6 is 54.5 Å². The van der Waals surface area contributed by atoms with Crippen LogP contribution in [0.5, 0.6) is 0 Å². The van der Waals surface area contributed by atoms with Crippen LogP contribution in [0.25, 0.3) is 0 Å². The molecule has 3 aromatic heterocycles. The van der Waals surface area contributed by atoms with Crippen molar-refractivity contribution < 1.29 is 123 Å². The van der Waals surface area contributed by atoms with E-state index < -0.39 is 175 Å². The van der Waals surface area contributed by atoms with Crippen molar-refractivity contribution in [1.29, 1.82) is 5.26 Å². The van der Waals surface area contributed by atoms with Crippen molar-refractivity contribution in [3.8, 4) is 116 Å². The van der Waals surface area contributed by atoms with E-state index in [1.807, 2.05) is 13.0 Å². The van der Waals surface area contributed by atoms with Gasteiger partial charge in [-0.3, -0.25) is 70.3 Å². The molecule has 43 nitrogen and oxygen atoms in total. The third-order valence-corrected chi connectivity index (χ3v) is 38.2. The van der Waals surface area contributed by atoms with Gasteiger partial charge in [-0.1, -0.05) is 35.5 Å². The zero-order valence-corrected chi connectivity index (χ0v) is 90.3. The Labute approximate surface area is 821 Å². The van der Waals surface area contributed by atoms with Crippen LogP contribution in [0.2, 0.25) is 58.9 Å². The van der Waals surface area contributed by atoms with Crippen LogP contribution in [0, 0.1) is 121 Å². The predicted molar refractivity (Wildman–Crippen MR) is 528 cm³/mol. The van der Waals surface area contributed by atoms with Crippen LogP contribution in [0.4, 0.5) is 0 Å². The van der Waals surface area contributed by atoms with Gasteiger partial charge in [0, 0.05) is 135 Å². The lowest BCUT2D eigenvalue weighted by molar-refractivity contribution is -0.236. The highest BCUT2D eigenvalue weighted by Gasteiger charge is 2.52. The van der Waals surface area contributed by atoms with E-state index in [-0.39, 0.29) is 95.1 Å². The van der Waals surface area contributed by atoms with Crippen molar-refractivity contribution in [3.63, 3.8) is 0 Å². The maximum absolute atomic E-state index is 14.6. The molecule has 0 aromatic carbocycles. The monoisotopic (exact) mass is 2140 g/mol. The number of nitrogens with zero attached hydrogens (tertiary/aromatic N) is 4. The molecule has 0 spiro atoms. The second kappa shape index (κ2) is 62.7. The average Bonchev–Trinajstić information content (AvgIpc) is 1.39. The minimum Gasteiger partial charge on any atom is -0.756 e. The van der Waals surface area contributed by atoms with Gasteiger partial charge < -0.3 is 55.7 Å². The Kier molecular flexibility index (Phi) is 56.1. The Morgan fingerprint density at radius 1 is 0.407 bits per heavy atom. The normalized spacial score (nSPS) is 20.5. The molecular weight excluding hydrogens is 2010 g/mol. The van der Waals surface area contributed by atoms with Gasteiger partial charge in [-0.25, -0.2) is 61.1 Å². The van der Waals surface area contributed by atoms with Gasteiger partial charge in [-0.05, 0) is 157 Å². The first kappa shape index (κ1) is 125. The number of unbranched alkanes of at least 4 members (excludes halogenated alkanes) is 15. The van der Waals surface area contributed by atoms with Gasteiger partial charge in [-0.15, -0.1) is 74.1 Å². The third kappa shape index (κ3) is 49.2. The molecule has 3 aliphatic heterocycles. The molecule has 776 valence electrons. The van der Waals surface area contributed by atoms with Crippen LogP contribution in [0.3, 0.4) is 0 Å². The van der Waals surface area contributed by atoms with Gasteiger partial charge in [0.05, 0.1) is 75.5 Å². The van der Waals surface area contributed by atoms with E-state index in [0.29, 0.717) is 103 Å². The van der Waals surface area contributed by atoms with Crippen molar-refractivity contribution in [2.24, 2.45) is 0 Å². The average molecular weight is 2150 g/mol. The summed E-state index contributed by atoms with van der Waals surface area (Å²) in [6.07, 6.45) is 41.6. The molecule has 6 heterocycles. The minimum absolute atomic E-state index is 0.0153. The fourth-order valence-electron chi connectivity index (χ4n) is 12.8. The van der Waals surface area contributed by atoms with E-state index in [1.54, 1.807) is 72.8 Å². The van der Waals surface area contributed by atoms with Gasteiger partial charge in [0.25, 0.3) is 32.3 Å². The maximum atomic E-state index is 14.6. The number of terminal acetylenes is 6. The fraction of sp³-hybridized carbons (Fsp3) is 0.644. The van der Waals surface area contributed by atoms with E-state index in [9.17, 15) is 70.5 Å². The topological polar surface area (TPSA) is 567 Å². The van der Waals surface area contributed by atoms with Gasteiger partial charge >= 0.3 is 56.0 Å². The molecule has 140 heavy (non-hydrogen) atoms. The highest BCUT2D eigenvalue weighted by Crippen LogP contribution is 2.74. The molecule has 3 aromatic rings. The number of hydrogen-bond acceptors (Lipinski definition) is 33. The quantitative estimate of drug-likeness (QED) is 0.0119. The lowest BCUT2D eigenvalue weighted by Crippen LogP contribution is -2.35. The number of nitriles is 1. The minimum atomic E-state index is -5.91. The van der Waals surface area contributed by atoms with Crippen LogP contribution < -0.4 is 58.8 Å². The Morgan fingerprint density at radius 3 is 0.979 bits per heavy atom. The number of aromatic amines is 3. The highest BCUT2D eigenvalue weighted by molar-refractivity contribution is 7.70. The van der Waals surface area contributed by atoms with Gasteiger partial charge in [0.15, 0.2) is 25.0 Å². The summed E-state index contributed by atoms with van der Waals surface area (Å²) >= 11 is 0. The van der Waals surface area contributed by atoms with E-state index in [0.717, 1.165) is 43.1 Å². The largest absolute Gasteiger partial charge is 0.756 e. The van der Waals surface area contributed by atoms with E-state index in [4.69, 9.17) is 116 Å². The number of aromatic nitrogens is 6. The Hall–Kier alpha value is -7.09. The molecule has 0 amide bonds. The lowest BCUT2D eigenvalue weighted by atomic mass is 10.1.